The summed E-state index contributed by atoms with van der Waals surface area (Å²) in [6.45, 7) is 3.28. The first kappa shape index (κ1) is 14.3. The van der Waals surface area contributed by atoms with Crippen molar-refractivity contribution < 1.29 is 8.42 Å². The van der Waals surface area contributed by atoms with Crippen molar-refractivity contribution >= 4 is 33.0 Å². The molecule has 0 unspecified atom stereocenters. The summed E-state index contributed by atoms with van der Waals surface area (Å²) in [5, 5.41) is 0. The molecule has 3 nitrogen and oxygen atoms in total. The highest BCUT2D eigenvalue weighted by molar-refractivity contribution is 7.91. The normalized spacial score (nSPS) is 16.4. The first-order valence-corrected chi connectivity index (χ1v) is 9.02. The highest BCUT2D eigenvalue weighted by atomic mass is 35.5. The van der Waals surface area contributed by atoms with Crippen LogP contribution in [0.5, 0.6) is 0 Å². The number of thiophene rings is 1. The fourth-order valence-corrected chi connectivity index (χ4v) is 5.06. The molecule has 0 atom stereocenters. The minimum absolute atomic E-state index is 0.372. The molecule has 0 N–H and O–H groups in total. The predicted molar refractivity (Wildman–Crippen MR) is 75.6 cm³/mol. The lowest BCUT2D eigenvalue weighted by Crippen LogP contribution is -2.33. The van der Waals surface area contributed by atoms with Gasteiger partial charge >= 0.3 is 0 Å². The third-order valence-electron chi connectivity index (χ3n) is 2.99. The lowest BCUT2D eigenvalue weighted by atomic mass is 10.4. The van der Waals surface area contributed by atoms with E-state index in [0.717, 1.165) is 24.1 Å². The van der Waals surface area contributed by atoms with Crippen molar-refractivity contribution in [3.63, 3.8) is 0 Å². The number of rotatable bonds is 7. The fraction of sp³-hybridized carbons (Fsp3) is 0.667. The molecule has 0 radical (unpaired) electrons. The lowest BCUT2D eigenvalue weighted by molar-refractivity contribution is 0.397. The number of halogens is 1. The first-order chi connectivity index (χ1) is 8.57. The molecular formula is C12H18ClNO2S2. The van der Waals surface area contributed by atoms with Crippen LogP contribution in [0.4, 0.5) is 0 Å². The second-order valence-corrected chi connectivity index (χ2v) is 8.26. The van der Waals surface area contributed by atoms with Gasteiger partial charge < -0.3 is 0 Å². The summed E-state index contributed by atoms with van der Waals surface area (Å²) in [6, 6.07) is 3.47. The Bertz CT molecular complexity index is 494. The number of sulfonamides is 1. The van der Waals surface area contributed by atoms with Gasteiger partial charge in [0.25, 0.3) is 10.0 Å². The van der Waals surface area contributed by atoms with Crippen LogP contribution in [0.3, 0.4) is 0 Å². The van der Waals surface area contributed by atoms with E-state index in [-0.39, 0.29) is 0 Å². The molecule has 0 aliphatic heterocycles. The molecule has 0 spiro atoms. The van der Waals surface area contributed by atoms with Crippen LogP contribution in [0, 0.1) is 5.92 Å². The number of hydrogen-bond acceptors (Lipinski definition) is 3. The molecule has 1 saturated carbocycles. The van der Waals surface area contributed by atoms with Crippen LogP contribution in [-0.4, -0.2) is 25.8 Å². The average molecular weight is 308 g/mol. The highest BCUT2D eigenvalue weighted by Gasteiger charge is 2.31. The summed E-state index contributed by atoms with van der Waals surface area (Å²) in [4.78, 5) is 0.901. The Kier molecular flexibility index (Phi) is 4.69. The summed E-state index contributed by atoms with van der Waals surface area (Å²) in [6.07, 6.45) is 3.17. The van der Waals surface area contributed by atoms with Gasteiger partial charge in [-0.05, 0) is 37.3 Å². The Hall–Kier alpha value is -0.100. The molecule has 102 valence electrons. The van der Waals surface area contributed by atoms with Crippen molar-refractivity contribution in [2.24, 2.45) is 5.92 Å². The van der Waals surface area contributed by atoms with Gasteiger partial charge in [0, 0.05) is 18.0 Å². The average Bonchev–Trinajstić information content (AvgIpc) is 3.02. The van der Waals surface area contributed by atoms with E-state index in [9.17, 15) is 8.42 Å². The Morgan fingerprint density at radius 3 is 2.67 bits per heavy atom. The van der Waals surface area contributed by atoms with E-state index < -0.39 is 10.0 Å². The molecule has 6 heteroatoms. The summed E-state index contributed by atoms with van der Waals surface area (Å²) in [7, 11) is -3.31. The van der Waals surface area contributed by atoms with Gasteiger partial charge in [-0.1, -0.05) is 6.92 Å². The maximum absolute atomic E-state index is 12.5. The second-order valence-electron chi connectivity index (χ2n) is 4.66. The molecule has 1 aromatic rings. The summed E-state index contributed by atoms with van der Waals surface area (Å²) >= 11 is 7.01. The minimum Gasteiger partial charge on any atom is -0.206 e. The molecule has 1 aliphatic rings. The Labute approximate surface area is 118 Å². The summed E-state index contributed by atoms with van der Waals surface area (Å²) in [5.41, 5.74) is 0. The van der Waals surface area contributed by atoms with Crippen molar-refractivity contribution in [2.75, 3.05) is 13.1 Å². The molecule has 1 heterocycles. The van der Waals surface area contributed by atoms with E-state index in [1.54, 1.807) is 16.4 Å². The quantitative estimate of drug-likeness (QED) is 0.725. The van der Waals surface area contributed by atoms with Gasteiger partial charge in [0.15, 0.2) is 0 Å². The molecule has 1 aromatic heterocycles. The highest BCUT2D eigenvalue weighted by Crippen LogP contribution is 2.33. The molecule has 2 rings (SSSR count). The number of nitrogens with zero attached hydrogens (tertiary/aromatic N) is 1. The maximum atomic E-state index is 12.5. The van der Waals surface area contributed by atoms with Crippen LogP contribution in [0.1, 0.15) is 31.1 Å². The van der Waals surface area contributed by atoms with Crippen molar-refractivity contribution in [1.29, 1.82) is 0 Å². The zero-order chi connectivity index (χ0) is 13.2. The topological polar surface area (TPSA) is 37.4 Å². The lowest BCUT2D eigenvalue weighted by Gasteiger charge is -2.20. The van der Waals surface area contributed by atoms with Crippen molar-refractivity contribution in [2.45, 2.75) is 36.3 Å². The van der Waals surface area contributed by atoms with Gasteiger partial charge in [0.1, 0.15) is 4.21 Å². The second kappa shape index (κ2) is 5.90. The third kappa shape index (κ3) is 3.26. The van der Waals surface area contributed by atoms with E-state index in [0.29, 0.717) is 29.1 Å². The molecule has 18 heavy (non-hydrogen) atoms. The van der Waals surface area contributed by atoms with Crippen LogP contribution in [0.2, 0.25) is 0 Å². The van der Waals surface area contributed by atoms with Gasteiger partial charge in [0.05, 0.1) is 5.88 Å². The van der Waals surface area contributed by atoms with E-state index >= 15 is 0 Å². The molecular weight excluding hydrogens is 290 g/mol. The summed E-state index contributed by atoms with van der Waals surface area (Å²) in [5.74, 6) is 0.940. The minimum atomic E-state index is -3.31. The van der Waals surface area contributed by atoms with Crippen molar-refractivity contribution in [3.8, 4) is 0 Å². The van der Waals surface area contributed by atoms with Gasteiger partial charge in [-0.3, -0.25) is 0 Å². The zero-order valence-electron chi connectivity index (χ0n) is 10.4. The van der Waals surface area contributed by atoms with Crippen LogP contribution >= 0.6 is 22.9 Å². The van der Waals surface area contributed by atoms with Crippen molar-refractivity contribution in [3.05, 3.63) is 17.0 Å². The van der Waals surface area contributed by atoms with Crippen molar-refractivity contribution in [1.82, 2.24) is 4.31 Å². The maximum Gasteiger partial charge on any atom is 0.252 e. The first-order valence-electron chi connectivity index (χ1n) is 6.22. The van der Waals surface area contributed by atoms with Gasteiger partial charge in [-0.25, -0.2) is 8.42 Å². The van der Waals surface area contributed by atoms with E-state index in [1.807, 2.05) is 6.92 Å². The Morgan fingerprint density at radius 1 is 1.44 bits per heavy atom. The SMILES string of the molecule is CCCN(CC1CC1)S(=O)(=O)c1ccc(CCl)s1. The smallest absolute Gasteiger partial charge is 0.206 e. The van der Waals surface area contributed by atoms with Gasteiger partial charge in [-0.15, -0.1) is 22.9 Å². The standard InChI is InChI=1S/C12H18ClNO2S2/c1-2-7-14(9-10-3-4-10)18(15,16)12-6-5-11(8-13)17-12/h5-6,10H,2-4,7-9H2,1H3. The molecule has 0 amide bonds. The molecule has 1 fully saturated rings. The molecule has 0 bridgehead atoms. The zero-order valence-corrected chi connectivity index (χ0v) is 12.8. The third-order valence-corrected chi connectivity index (χ3v) is 6.86. The fourth-order valence-electron chi connectivity index (χ4n) is 1.84. The number of hydrogen-bond donors (Lipinski definition) is 0. The van der Waals surface area contributed by atoms with Crippen LogP contribution in [0.25, 0.3) is 0 Å². The predicted octanol–water partition coefficient (Wildman–Crippen LogP) is 3.30. The van der Waals surface area contributed by atoms with Crippen LogP contribution in [-0.2, 0) is 15.9 Å². The monoisotopic (exact) mass is 307 g/mol. The molecule has 0 aromatic carbocycles. The molecule has 0 saturated heterocycles. The molecule has 1 aliphatic carbocycles. The van der Waals surface area contributed by atoms with E-state index in [2.05, 4.69) is 0 Å². The van der Waals surface area contributed by atoms with E-state index in [1.165, 1.54) is 11.3 Å². The van der Waals surface area contributed by atoms with Gasteiger partial charge in [0.2, 0.25) is 0 Å². The largest absolute Gasteiger partial charge is 0.252 e. The Morgan fingerprint density at radius 2 is 2.17 bits per heavy atom. The summed E-state index contributed by atoms with van der Waals surface area (Å²) < 4.78 is 27.1. The van der Waals surface area contributed by atoms with Crippen LogP contribution in [0.15, 0.2) is 16.3 Å². The van der Waals surface area contributed by atoms with Gasteiger partial charge in [-0.2, -0.15) is 4.31 Å². The van der Waals surface area contributed by atoms with E-state index in [4.69, 9.17) is 11.6 Å². The van der Waals surface area contributed by atoms with Crippen LogP contribution < -0.4 is 0 Å². The number of alkyl halides is 1. The Balaban J connectivity index is 2.19.